The number of aliphatic hydroxyl groups is 2. The Morgan fingerprint density at radius 1 is 0.960 bits per heavy atom. The summed E-state index contributed by atoms with van der Waals surface area (Å²) in [6, 6.07) is 8.35. The Bertz CT molecular complexity index is 719. The standard InChI is InChI=1S/C18H23NO6/c1-22-15-5-4-12(8-16(15)23-2)14(21)10-25-18-13(19)6-11(9-20)7-17(18)24-3/h4-8,14,20-21H,9-10,19H2,1-3H3. The average molecular weight is 349 g/mol. The summed E-state index contributed by atoms with van der Waals surface area (Å²) >= 11 is 0. The van der Waals surface area contributed by atoms with Gasteiger partial charge in [0.1, 0.15) is 12.7 Å². The molecule has 0 fully saturated rings. The van der Waals surface area contributed by atoms with Gasteiger partial charge in [-0.3, -0.25) is 0 Å². The van der Waals surface area contributed by atoms with E-state index in [-0.39, 0.29) is 13.2 Å². The van der Waals surface area contributed by atoms with Crippen LogP contribution in [-0.4, -0.2) is 38.1 Å². The Morgan fingerprint density at radius 3 is 2.24 bits per heavy atom. The van der Waals surface area contributed by atoms with Crippen LogP contribution in [0.4, 0.5) is 5.69 Å². The lowest BCUT2D eigenvalue weighted by Crippen LogP contribution is -2.12. The Kier molecular flexibility index (Phi) is 6.32. The van der Waals surface area contributed by atoms with E-state index in [0.29, 0.717) is 39.8 Å². The van der Waals surface area contributed by atoms with Crippen molar-refractivity contribution >= 4 is 5.69 Å². The zero-order valence-corrected chi connectivity index (χ0v) is 14.5. The first-order valence-corrected chi connectivity index (χ1v) is 7.64. The van der Waals surface area contributed by atoms with Crippen molar-refractivity contribution in [3.8, 4) is 23.0 Å². The van der Waals surface area contributed by atoms with Crippen LogP contribution in [0.2, 0.25) is 0 Å². The molecule has 0 bridgehead atoms. The molecular weight excluding hydrogens is 326 g/mol. The third-order valence-corrected chi connectivity index (χ3v) is 3.72. The molecule has 136 valence electrons. The van der Waals surface area contributed by atoms with Gasteiger partial charge in [-0.15, -0.1) is 0 Å². The van der Waals surface area contributed by atoms with E-state index in [4.69, 9.17) is 24.7 Å². The van der Waals surface area contributed by atoms with Crippen molar-refractivity contribution in [1.82, 2.24) is 0 Å². The van der Waals surface area contributed by atoms with Gasteiger partial charge >= 0.3 is 0 Å². The average Bonchev–Trinajstić information content (AvgIpc) is 2.65. The molecular formula is C18H23NO6. The molecule has 0 amide bonds. The predicted molar refractivity (Wildman–Crippen MR) is 93.3 cm³/mol. The molecule has 0 aromatic heterocycles. The van der Waals surface area contributed by atoms with Gasteiger partial charge in [0.25, 0.3) is 0 Å². The van der Waals surface area contributed by atoms with Gasteiger partial charge in [-0.2, -0.15) is 0 Å². The van der Waals surface area contributed by atoms with Crippen molar-refractivity contribution < 1.29 is 29.2 Å². The number of rotatable bonds is 8. The first-order chi connectivity index (χ1) is 12.0. The molecule has 0 aliphatic rings. The summed E-state index contributed by atoms with van der Waals surface area (Å²) in [6.07, 6.45) is -0.901. The van der Waals surface area contributed by atoms with Crippen LogP contribution in [0.1, 0.15) is 17.2 Å². The number of methoxy groups -OCH3 is 3. The van der Waals surface area contributed by atoms with Crippen molar-refractivity contribution in [2.45, 2.75) is 12.7 Å². The molecule has 0 heterocycles. The summed E-state index contributed by atoms with van der Waals surface area (Å²) < 4.78 is 21.3. The van der Waals surface area contributed by atoms with Crippen molar-refractivity contribution in [2.24, 2.45) is 0 Å². The van der Waals surface area contributed by atoms with Crippen LogP contribution < -0.4 is 24.7 Å². The number of hydrogen-bond donors (Lipinski definition) is 3. The Labute approximate surface area is 146 Å². The van der Waals surface area contributed by atoms with Gasteiger partial charge < -0.3 is 34.9 Å². The summed E-state index contributed by atoms with van der Waals surface area (Å²) in [5, 5.41) is 19.6. The zero-order chi connectivity index (χ0) is 18.4. The minimum Gasteiger partial charge on any atom is -0.493 e. The van der Waals surface area contributed by atoms with E-state index in [1.165, 1.54) is 14.2 Å². The van der Waals surface area contributed by atoms with E-state index in [2.05, 4.69) is 0 Å². The van der Waals surface area contributed by atoms with Crippen LogP contribution in [0.5, 0.6) is 23.0 Å². The van der Waals surface area contributed by atoms with Crippen molar-refractivity contribution in [2.75, 3.05) is 33.7 Å². The van der Waals surface area contributed by atoms with Gasteiger partial charge in [0.15, 0.2) is 23.0 Å². The van der Waals surface area contributed by atoms with Crippen LogP contribution >= 0.6 is 0 Å². The number of nitrogen functional groups attached to an aromatic ring is 1. The number of nitrogens with two attached hydrogens (primary N) is 1. The molecule has 1 unspecified atom stereocenters. The van der Waals surface area contributed by atoms with E-state index < -0.39 is 6.10 Å². The first-order valence-electron chi connectivity index (χ1n) is 7.64. The summed E-state index contributed by atoms with van der Waals surface area (Å²) in [7, 11) is 4.55. The maximum atomic E-state index is 10.4. The molecule has 0 radical (unpaired) electrons. The number of benzene rings is 2. The smallest absolute Gasteiger partial charge is 0.184 e. The van der Waals surface area contributed by atoms with Gasteiger partial charge in [-0.25, -0.2) is 0 Å². The van der Waals surface area contributed by atoms with Gasteiger partial charge in [0.05, 0.1) is 33.6 Å². The Balaban J connectivity index is 2.16. The van der Waals surface area contributed by atoms with Gasteiger partial charge in [-0.1, -0.05) is 6.07 Å². The highest BCUT2D eigenvalue weighted by molar-refractivity contribution is 5.62. The highest BCUT2D eigenvalue weighted by Gasteiger charge is 2.16. The van der Waals surface area contributed by atoms with E-state index in [1.807, 2.05) is 0 Å². The number of ether oxygens (including phenoxy) is 4. The lowest BCUT2D eigenvalue weighted by atomic mass is 10.1. The minimum atomic E-state index is -0.901. The van der Waals surface area contributed by atoms with Crippen LogP contribution in [0.25, 0.3) is 0 Å². The predicted octanol–water partition coefficient (Wildman–Crippen LogP) is 1.90. The molecule has 0 spiro atoms. The molecule has 4 N–H and O–H groups in total. The van der Waals surface area contributed by atoms with Gasteiger partial charge in [0.2, 0.25) is 0 Å². The lowest BCUT2D eigenvalue weighted by Gasteiger charge is -2.18. The topological polar surface area (TPSA) is 103 Å². The van der Waals surface area contributed by atoms with Crippen LogP contribution in [0.3, 0.4) is 0 Å². The maximum absolute atomic E-state index is 10.4. The number of aliphatic hydroxyl groups excluding tert-OH is 2. The second-order valence-corrected chi connectivity index (χ2v) is 5.32. The fourth-order valence-corrected chi connectivity index (χ4v) is 2.40. The lowest BCUT2D eigenvalue weighted by molar-refractivity contribution is 0.106. The Hall–Kier alpha value is -2.64. The molecule has 2 rings (SSSR count). The monoisotopic (exact) mass is 349 g/mol. The molecule has 25 heavy (non-hydrogen) atoms. The van der Waals surface area contributed by atoms with Gasteiger partial charge in [0, 0.05) is 0 Å². The summed E-state index contributed by atoms with van der Waals surface area (Å²) in [5.41, 5.74) is 7.50. The largest absolute Gasteiger partial charge is 0.493 e. The third-order valence-electron chi connectivity index (χ3n) is 3.72. The molecule has 1 atom stereocenters. The summed E-state index contributed by atoms with van der Waals surface area (Å²) in [4.78, 5) is 0. The van der Waals surface area contributed by atoms with E-state index in [9.17, 15) is 10.2 Å². The molecule has 7 heteroatoms. The third kappa shape index (κ3) is 4.26. The first kappa shape index (κ1) is 18.7. The molecule has 0 saturated carbocycles. The van der Waals surface area contributed by atoms with Crippen LogP contribution in [0.15, 0.2) is 30.3 Å². The van der Waals surface area contributed by atoms with Gasteiger partial charge in [-0.05, 0) is 35.4 Å². The molecule has 2 aromatic carbocycles. The van der Waals surface area contributed by atoms with E-state index in [0.717, 1.165) is 0 Å². The van der Waals surface area contributed by atoms with Crippen LogP contribution in [-0.2, 0) is 6.61 Å². The van der Waals surface area contributed by atoms with E-state index in [1.54, 1.807) is 37.4 Å². The zero-order valence-electron chi connectivity index (χ0n) is 14.5. The normalized spacial score (nSPS) is 11.7. The second kappa shape index (κ2) is 8.46. The van der Waals surface area contributed by atoms with Crippen molar-refractivity contribution in [3.05, 3.63) is 41.5 Å². The molecule has 0 aliphatic heterocycles. The number of hydrogen-bond acceptors (Lipinski definition) is 7. The highest BCUT2D eigenvalue weighted by atomic mass is 16.5. The summed E-state index contributed by atoms with van der Waals surface area (Å²) in [6.45, 7) is -0.191. The fraction of sp³-hybridized carbons (Fsp3) is 0.333. The Morgan fingerprint density at radius 2 is 1.64 bits per heavy atom. The quantitative estimate of drug-likeness (QED) is 0.625. The molecule has 7 nitrogen and oxygen atoms in total. The van der Waals surface area contributed by atoms with Crippen LogP contribution in [0, 0.1) is 0 Å². The van der Waals surface area contributed by atoms with Crippen molar-refractivity contribution in [1.29, 1.82) is 0 Å². The highest BCUT2D eigenvalue weighted by Crippen LogP contribution is 2.36. The molecule has 2 aromatic rings. The minimum absolute atomic E-state index is 0.0332. The second-order valence-electron chi connectivity index (χ2n) is 5.32. The molecule has 0 aliphatic carbocycles. The SMILES string of the molecule is COc1ccc(C(O)COc2c(N)cc(CO)cc2OC)cc1OC. The fourth-order valence-electron chi connectivity index (χ4n) is 2.40. The summed E-state index contributed by atoms with van der Waals surface area (Å²) in [5.74, 6) is 1.80. The van der Waals surface area contributed by atoms with Crippen molar-refractivity contribution in [3.63, 3.8) is 0 Å². The number of anilines is 1. The van der Waals surface area contributed by atoms with E-state index >= 15 is 0 Å². The molecule has 0 saturated heterocycles. The maximum Gasteiger partial charge on any atom is 0.184 e.